The van der Waals surface area contributed by atoms with Crippen LogP contribution < -0.4 is 16.0 Å². The van der Waals surface area contributed by atoms with Crippen LogP contribution in [0.5, 0.6) is 0 Å². The maximum atomic E-state index is 12.2. The second kappa shape index (κ2) is 4.49. The molecule has 6 nitrogen and oxygen atoms in total. The fraction of sp³-hybridized carbons (Fsp3) is 0.545. The summed E-state index contributed by atoms with van der Waals surface area (Å²) in [6.45, 7) is 3.82. The van der Waals surface area contributed by atoms with Crippen molar-refractivity contribution in [2.24, 2.45) is 11.8 Å². The van der Waals surface area contributed by atoms with Gasteiger partial charge in [0, 0.05) is 17.8 Å². The molecule has 1 aromatic heterocycles. The SMILES string of the molecule is CC(C)(NS(=O)(=O)c1ccnc(NN)c1)C1CC1. The summed E-state index contributed by atoms with van der Waals surface area (Å²) < 4.78 is 27.2. The van der Waals surface area contributed by atoms with Crippen LogP contribution >= 0.6 is 0 Å². The van der Waals surface area contributed by atoms with Gasteiger partial charge in [-0.3, -0.25) is 0 Å². The first-order chi connectivity index (χ1) is 8.35. The van der Waals surface area contributed by atoms with Crippen molar-refractivity contribution in [3.8, 4) is 0 Å². The molecule has 0 saturated heterocycles. The van der Waals surface area contributed by atoms with Gasteiger partial charge in [-0.25, -0.2) is 24.0 Å². The van der Waals surface area contributed by atoms with E-state index in [2.05, 4.69) is 15.1 Å². The number of rotatable bonds is 5. The quantitative estimate of drug-likeness (QED) is 0.544. The lowest BCUT2D eigenvalue weighted by atomic mass is 10.0. The monoisotopic (exact) mass is 270 g/mol. The normalized spacial score (nSPS) is 16.6. The van der Waals surface area contributed by atoms with Gasteiger partial charge in [0.1, 0.15) is 5.82 Å². The molecule has 0 amide bonds. The number of sulfonamides is 1. The lowest BCUT2D eigenvalue weighted by Gasteiger charge is -2.25. The zero-order valence-electron chi connectivity index (χ0n) is 10.5. The van der Waals surface area contributed by atoms with E-state index in [1.54, 1.807) is 0 Å². The summed E-state index contributed by atoms with van der Waals surface area (Å²) in [5, 5.41) is 0. The molecular formula is C11H18N4O2S. The molecule has 7 heteroatoms. The Morgan fingerprint density at radius 2 is 2.11 bits per heavy atom. The fourth-order valence-electron chi connectivity index (χ4n) is 1.95. The summed E-state index contributed by atoms with van der Waals surface area (Å²) in [5.74, 6) is 5.96. The first kappa shape index (κ1) is 13.3. The van der Waals surface area contributed by atoms with Crippen molar-refractivity contribution < 1.29 is 8.42 Å². The molecule has 1 saturated carbocycles. The average molecular weight is 270 g/mol. The molecule has 1 heterocycles. The van der Waals surface area contributed by atoms with E-state index in [0.717, 1.165) is 12.8 Å². The Bertz CT molecular complexity index is 538. The molecule has 2 rings (SSSR count). The lowest BCUT2D eigenvalue weighted by molar-refractivity contribution is 0.400. The van der Waals surface area contributed by atoms with E-state index in [-0.39, 0.29) is 4.90 Å². The molecule has 18 heavy (non-hydrogen) atoms. The van der Waals surface area contributed by atoms with E-state index in [4.69, 9.17) is 5.84 Å². The first-order valence-electron chi connectivity index (χ1n) is 5.82. The molecule has 100 valence electrons. The highest BCUT2D eigenvalue weighted by atomic mass is 32.2. The molecule has 0 aromatic carbocycles. The number of nitrogens with two attached hydrogens (primary N) is 1. The van der Waals surface area contributed by atoms with Crippen LogP contribution in [0.25, 0.3) is 0 Å². The van der Waals surface area contributed by atoms with Gasteiger partial charge in [0.25, 0.3) is 0 Å². The summed E-state index contributed by atoms with van der Waals surface area (Å²) in [6, 6.07) is 2.86. The smallest absolute Gasteiger partial charge is 0.241 e. The van der Waals surface area contributed by atoms with Crippen molar-refractivity contribution in [2.45, 2.75) is 37.1 Å². The Hall–Kier alpha value is -1.18. The number of nitrogens with one attached hydrogen (secondary N) is 2. The zero-order valence-corrected chi connectivity index (χ0v) is 11.3. The highest BCUT2D eigenvalue weighted by molar-refractivity contribution is 7.89. The molecule has 1 aliphatic rings. The van der Waals surface area contributed by atoms with Crippen LogP contribution in [-0.4, -0.2) is 18.9 Å². The maximum Gasteiger partial charge on any atom is 0.241 e. The van der Waals surface area contributed by atoms with Gasteiger partial charge >= 0.3 is 0 Å². The van der Waals surface area contributed by atoms with Crippen LogP contribution in [0.2, 0.25) is 0 Å². The van der Waals surface area contributed by atoms with Crippen molar-refractivity contribution in [3.05, 3.63) is 18.3 Å². The Kier molecular flexibility index (Phi) is 3.31. The van der Waals surface area contributed by atoms with Gasteiger partial charge in [-0.1, -0.05) is 0 Å². The summed E-state index contributed by atoms with van der Waals surface area (Å²) in [5.41, 5.74) is 1.92. The van der Waals surface area contributed by atoms with Crippen LogP contribution in [0.15, 0.2) is 23.2 Å². The van der Waals surface area contributed by atoms with Gasteiger partial charge in [-0.2, -0.15) is 0 Å². The molecule has 4 N–H and O–H groups in total. The van der Waals surface area contributed by atoms with Crippen molar-refractivity contribution in [2.75, 3.05) is 5.43 Å². The van der Waals surface area contributed by atoms with Gasteiger partial charge in [0.05, 0.1) is 4.90 Å². The summed E-state index contributed by atoms with van der Waals surface area (Å²) >= 11 is 0. The molecular weight excluding hydrogens is 252 g/mol. The van der Waals surface area contributed by atoms with E-state index in [9.17, 15) is 8.42 Å². The number of aromatic nitrogens is 1. The third-order valence-electron chi connectivity index (χ3n) is 3.18. The number of hydrogen-bond donors (Lipinski definition) is 3. The predicted octanol–water partition coefficient (Wildman–Crippen LogP) is 0.834. The van der Waals surface area contributed by atoms with Crippen LogP contribution in [0.3, 0.4) is 0 Å². The predicted molar refractivity (Wildman–Crippen MR) is 69.2 cm³/mol. The number of nitrogens with zero attached hydrogens (tertiary/aromatic N) is 1. The Morgan fingerprint density at radius 1 is 1.44 bits per heavy atom. The van der Waals surface area contributed by atoms with Crippen LogP contribution in [0.4, 0.5) is 5.82 Å². The van der Waals surface area contributed by atoms with E-state index in [0.29, 0.717) is 11.7 Å². The fourth-order valence-corrected chi connectivity index (χ4v) is 3.43. The molecule has 0 spiro atoms. The largest absolute Gasteiger partial charge is 0.308 e. The summed E-state index contributed by atoms with van der Waals surface area (Å²) in [4.78, 5) is 4.05. The third-order valence-corrected chi connectivity index (χ3v) is 4.85. The Labute approximate surface area is 107 Å². The Morgan fingerprint density at radius 3 is 2.67 bits per heavy atom. The van der Waals surface area contributed by atoms with E-state index < -0.39 is 15.6 Å². The molecule has 1 aromatic rings. The van der Waals surface area contributed by atoms with Crippen LogP contribution in [0, 0.1) is 5.92 Å². The summed E-state index contributed by atoms with van der Waals surface area (Å²) in [7, 11) is -3.54. The van der Waals surface area contributed by atoms with Crippen molar-refractivity contribution in [1.29, 1.82) is 0 Å². The molecule has 0 radical (unpaired) electrons. The second-order valence-electron chi connectivity index (χ2n) is 5.12. The average Bonchev–Trinajstić information content (AvgIpc) is 3.12. The first-order valence-corrected chi connectivity index (χ1v) is 7.30. The van der Waals surface area contributed by atoms with Crippen molar-refractivity contribution in [1.82, 2.24) is 9.71 Å². The second-order valence-corrected chi connectivity index (χ2v) is 6.80. The number of anilines is 1. The van der Waals surface area contributed by atoms with Gasteiger partial charge in [-0.15, -0.1) is 0 Å². The maximum absolute atomic E-state index is 12.2. The van der Waals surface area contributed by atoms with Crippen molar-refractivity contribution in [3.63, 3.8) is 0 Å². The zero-order chi connectivity index (χ0) is 13.4. The molecule has 0 atom stereocenters. The number of pyridine rings is 1. The molecule has 1 fully saturated rings. The number of hydrogen-bond acceptors (Lipinski definition) is 5. The summed E-state index contributed by atoms with van der Waals surface area (Å²) in [6.07, 6.45) is 3.55. The highest BCUT2D eigenvalue weighted by Crippen LogP contribution is 2.39. The van der Waals surface area contributed by atoms with Gasteiger partial charge < -0.3 is 5.43 Å². The van der Waals surface area contributed by atoms with Crippen molar-refractivity contribution >= 4 is 15.8 Å². The topological polar surface area (TPSA) is 97.1 Å². The van der Waals surface area contributed by atoms with E-state index in [1.165, 1.54) is 18.3 Å². The number of hydrazine groups is 1. The highest BCUT2D eigenvalue weighted by Gasteiger charge is 2.40. The minimum absolute atomic E-state index is 0.166. The standard InChI is InChI=1S/C11H18N4O2S/c1-11(2,8-3-4-8)15-18(16,17)9-5-6-13-10(7-9)14-12/h5-8,15H,3-4,12H2,1-2H3,(H,13,14). The Balaban J connectivity index is 2.24. The third kappa shape index (κ3) is 2.80. The number of nitrogen functional groups attached to an aromatic ring is 1. The lowest BCUT2D eigenvalue weighted by Crippen LogP contribution is -2.45. The van der Waals surface area contributed by atoms with Crippen LogP contribution in [-0.2, 0) is 10.0 Å². The van der Waals surface area contributed by atoms with E-state index >= 15 is 0 Å². The molecule has 0 unspecified atom stereocenters. The minimum atomic E-state index is -3.54. The van der Waals surface area contributed by atoms with Gasteiger partial charge in [0.15, 0.2) is 0 Å². The van der Waals surface area contributed by atoms with Gasteiger partial charge in [-0.05, 0) is 38.7 Å². The minimum Gasteiger partial charge on any atom is -0.308 e. The van der Waals surface area contributed by atoms with Gasteiger partial charge in [0.2, 0.25) is 10.0 Å². The molecule has 0 bridgehead atoms. The van der Waals surface area contributed by atoms with Crippen LogP contribution in [0.1, 0.15) is 26.7 Å². The molecule has 0 aliphatic heterocycles. The van der Waals surface area contributed by atoms with E-state index in [1.807, 2.05) is 13.8 Å². The molecule has 1 aliphatic carbocycles.